The molecule has 0 radical (unpaired) electrons. The molecule has 12 heavy (non-hydrogen) atoms. The average molecular weight is 206 g/mol. The molecule has 0 fully saturated rings. The number of methoxy groups -OCH3 is 1. The standard InChI is InChI=1S/C7H5Cl2NO2/c1-12-6-3-4(7(9)11)2-5(8)10-6/h2-3H,1H3. The number of pyridine rings is 1. The van der Waals surface area contributed by atoms with E-state index >= 15 is 0 Å². The van der Waals surface area contributed by atoms with Crippen LogP contribution in [-0.2, 0) is 0 Å². The van der Waals surface area contributed by atoms with Crippen LogP contribution in [0.5, 0.6) is 5.88 Å². The van der Waals surface area contributed by atoms with Crippen LogP contribution in [0.3, 0.4) is 0 Å². The molecule has 3 nitrogen and oxygen atoms in total. The van der Waals surface area contributed by atoms with Gasteiger partial charge in [0.2, 0.25) is 5.88 Å². The van der Waals surface area contributed by atoms with Crippen LogP contribution in [0.25, 0.3) is 0 Å². The minimum absolute atomic E-state index is 0.179. The van der Waals surface area contributed by atoms with Crippen LogP contribution in [-0.4, -0.2) is 17.3 Å². The van der Waals surface area contributed by atoms with Crippen molar-refractivity contribution in [3.63, 3.8) is 0 Å². The van der Waals surface area contributed by atoms with Crippen LogP contribution in [0.4, 0.5) is 0 Å². The quantitative estimate of drug-likeness (QED) is 0.549. The second-order valence-corrected chi connectivity index (χ2v) is 2.73. The van der Waals surface area contributed by atoms with Gasteiger partial charge in [-0.05, 0) is 17.7 Å². The Hall–Kier alpha value is -0.800. The van der Waals surface area contributed by atoms with Gasteiger partial charge in [-0.15, -0.1) is 0 Å². The lowest BCUT2D eigenvalue weighted by Crippen LogP contribution is -1.93. The molecular formula is C7H5Cl2NO2. The molecule has 1 aromatic rings. The Labute approximate surface area is 79.3 Å². The van der Waals surface area contributed by atoms with E-state index in [1.165, 1.54) is 19.2 Å². The van der Waals surface area contributed by atoms with Gasteiger partial charge < -0.3 is 4.74 Å². The van der Waals surface area contributed by atoms with Gasteiger partial charge in [-0.1, -0.05) is 11.6 Å². The number of rotatable bonds is 2. The number of carbonyl (C=O) groups is 1. The maximum Gasteiger partial charge on any atom is 0.252 e. The van der Waals surface area contributed by atoms with Crippen molar-refractivity contribution in [2.75, 3.05) is 7.11 Å². The Balaban J connectivity index is 3.15. The number of halogens is 2. The summed E-state index contributed by atoms with van der Waals surface area (Å²) in [7, 11) is 1.43. The highest BCUT2D eigenvalue weighted by atomic mass is 35.5. The molecule has 0 amide bonds. The van der Waals surface area contributed by atoms with E-state index in [1.54, 1.807) is 0 Å². The molecule has 0 saturated carbocycles. The van der Waals surface area contributed by atoms with Crippen LogP contribution in [0.2, 0.25) is 5.15 Å². The molecule has 0 saturated heterocycles. The normalized spacial score (nSPS) is 9.58. The number of nitrogens with zero attached hydrogens (tertiary/aromatic N) is 1. The number of hydrogen-bond acceptors (Lipinski definition) is 3. The van der Waals surface area contributed by atoms with Crippen molar-refractivity contribution in [2.24, 2.45) is 0 Å². The molecule has 0 aliphatic carbocycles. The van der Waals surface area contributed by atoms with Crippen molar-refractivity contribution in [1.29, 1.82) is 0 Å². The van der Waals surface area contributed by atoms with Gasteiger partial charge in [0.25, 0.3) is 5.24 Å². The molecule has 1 rings (SSSR count). The third kappa shape index (κ3) is 2.09. The lowest BCUT2D eigenvalue weighted by Gasteiger charge is -2.00. The van der Waals surface area contributed by atoms with Crippen molar-refractivity contribution in [3.05, 3.63) is 22.8 Å². The van der Waals surface area contributed by atoms with E-state index in [2.05, 4.69) is 4.98 Å². The highest BCUT2D eigenvalue weighted by Gasteiger charge is 2.06. The molecule has 0 spiro atoms. The van der Waals surface area contributed by atoms with E-state index in [0.717, 1.165) is 0 Å². The topological polar surface area (TPSA) is 39.2 Å². The second kappa shape index (κ2) is 3.74. The second-order valence-electron chi connectivity index (χ2n) is 1.99. The number of aromatic nitrogens is 1. The Kier molecular flexibility index (Phi) is 2.89. The van der Waals surface area contributed by atoms with Crippen molar-refractivity contribution in [2.45, 2.75) is 0 Å². The molecule has 0 unspecified atom stereocenters. The minimum atomic E-state index is -0.586. The minimum Gasteiger partial charge on any atom is -0.481 e. The molecule has 1 aromatic heterocycles. The van der Waals surface area contributed by atoms with Gasteiger partial charge in [0.15, 0.2) is 0 Å². The summed E-state index contributed by atoms with van der Waals surface area (Å²) in [6.07, 6.45) is 0. The van der Waals surface area contributed by atoms with Crippen molar-refractivity contribution in [1.82, 2.24) is 4.98 Å². The molecule has 0 aliphatic rings. The molecule has 0 aromatic carbocycles. The van der Waals surface area contributed by atoms with Crippen molar-refractivity contribution in [3.8, 4) is 5.88 Å². The van der Waals surface area contributed by atoms with Gasteiger partial charge >= 0.3 is 0 Å². The average Bonchev–Trinajstić information content (AvgIpc) is 2.03. The summed E-state index contributed by atoms with van der Waals surface area (Å²) >= 11 is 10.8. The maximum atomic E-state index is 10.7. The van der Waals surface area contributed by atoms with Crippen LogP contribution in [0.1, 0.15) is 10.4 Å². The molecule has 5 heteroatoms. The highest BCUT2D eigenvalue weighted by Crippen LogP contribution is 2.17. The van der Waals surface area contributed by atoms with E-state index in [-0.39, 0.29) is 16.6 Å². The monoisotopic (exact) mass is 205 g/mol. The first-order chi connectivity index (χ1) is 5.63. The lowest BCUT2D eigenvalue weighted by atomic mass is 10.3. The summed E-state index contributed by atoms with van der Waals surface area (Å²) in [6.45, 7) is 0. The largest absolute Gasteiger partial charge is 0.481 e. The van der Waals surface area contributed by atoms with E-state index in [0.29, 0.717) is 0 Å². The Bertz CT molecular complexity index is 314. The Morgan fingerprint density at radius 3 is 2.75 bits per heavy atom. The smallest absolute Gasteiger partial charge is 0.252 e. The van der Waals surface area contributed by atoms with E-state index in [4.69, 9.17) is 27.9 Å². The molecular weight excluding hydrogens is 201 g/mol. The fourth-order valence-electron chi connectivity index (χ4n) is 0.691. The predicted octanol–water partition coefficient (Wildman–Crippen LogP) is 2.12. The number of ether oxygens (including phenoxy) is 1. The van der Waals surface area contributed by atoms with Crippen molar-refractivity contribution < 1.29 is 9.53 Å². The summed E-state index contributed by atoms with van der Waals surface area (Å²) in [6, 6.07) is 2.79. The van der Waals surface area contributed by atoms with Crippen molar-refractivity contribution >= 4 is 28.4 Å². The first-order valence-corrected chi connectivity index (χ1v) is 3.80. The van der Waals surface area contributed by atoms with Gasteiger partial charge in [0, 0.05) is 11.6 Å². The highest BCUT2D eigenvalue weighted by molar-refractivity contribution is 6.67. The van der Waals surface area contributed by atoms with Gasteiger partial charge in [-0.2, -0.15) is 0 Å². The summed E-state index contributed by atoms with van der Waals surface area (Å²) in [4.78, 5) is 14.5. The van der Waals surface area contributed by atoms with Gasteiger partial charge in [-0.25, -0.2) is 4.98 Å². The van der Waals surface area contributed by atoms with Gasteiger partial charge in [0.05, 0.1) is 7.11 Å². The third-order valence-corrected chi connectivity index (χ3v) is 1.62. The molecule has 0 N–H and O–H groups in total. The maximum absolute atomic E-state index is 10.7. The Morgan fingerprint density at radius 2 is 2.25 bits per heavy atom. The summed E-state index contributed by atoms with van der Waals surface area (Å²) in [5, 5.41) is -0.407. The first-order valence-electron chi connectivity index (χ1n) is 3.05. The SMILES string of the molecule is COc1cc(C(=O)Cl)cc(Cl)n1. The fraction of sp³-hybridized carbons (Fsp3) is 0.143. The van der Waals surface area contributed by atoms with E-state index in [9.17, 15) is 4.79 Å². The zero-order chi connectivity index (χ0) is 9.14. The van der Waals surface area contributed by atoms with Crippen LogP contribution in [0, 0.1) is 0 Å². The van der Waals surface area contributed by atoms with Gasteiger partial charge in [0.1, 0.15) is 5.15 Å². The first kappa shape index (κ1) is 9.29. The number of hydrogen-bond donors (Lipinski definition) is 0. The van der Waals surface area contributed by atoms with E-state index in [1.807, 2.05) is 0 Å². The van der Waals surface area contributed by atoms with Crippen LogP contribution >= 0.6 is 23.2 Å². The summed E-state index contributed by atoms with van der Waals surface area (Å²) in [5.41, 5.74) is 0.272. The molecule has 1 heterocycles. The summed E-state index contributed by atoms with van der Waals surface area (Å²) < 4.78 is 4.78. The van der Waals surface area contributed by atoms with Crippen LogP contribution in [0.15, 0.2) is 12.1 Å². The molecule has 0 bridgehead atoms. The fourth-order valence-corrected chi connectivity index (χ4v) is 1.00. The zero-order valence-electron chi connectivity index (χ0n) is 6.17. The molecule has 0 aliphatic heterocycles. The lowest BCUT2D eigenvalue weighted by molar-refractivity contribution is 0.108. The summed E-state index contributed by atoms with van der Waals surface area (Å²) in [5.74, 6) is 0.270. The number of carbonyl (C=O) groups excluding carboxylic acids is 1. The Morgan fingerprint density at radius 1 is 1.58 bits per heavy atom. The molecule has 64 valence electrons. The zero-order valence-corrected chi connectivity index (χ0v) is 7.69. The van der Waals surface area contributed by atoms with E-state index < -0.39 is 5.24 Å². The third-order valence-electron chi connectivity index (χ3n) is 1.21. The van der Waals surface area contributed by atoms with Gasteiger partial charge in [-0.3, -0.25) is 4.79 Å². The molecule has 0 atom stereocenters. The predicted molar refractivity (Wildman–Crippen MR) is 46.0 cm³/mol. The van der Waals surface area contributed by atoms with Crippen LogP contribution < -0.4 is 4.74 Å².